The molecule has 170 valence electrons. The number of primary amides is 1. The van der Waals surface area contributed by atoms with Crippen LogP contribution in [0, 0.1) is 0 Å². The predicted molar refractivity (Wildman–Crippen MR) is 120 cm³/mol. The van der Waals surface area contributed by atoms with E-state index in [1.807, 2.05) is 6.92 Å². The molecule has 2 aromatic carbocycles. The zero-order valence-electron chi connectivity index (χ0n) is 17.4. The molecule has 0 saturated carbocycles. The van der Waals surface area contributed by atoms with Crippen molar-refractivity contribution >= 4 is 31.5 Å². The molecule has 0 aliphatic rings. The average molecular weight is 470 g/mol. The highest BCUT2D eigenvalue weighted by atomic mass is 32.2. The van der Waals surface area contributed by atoms with E-state index in [2.05, 4.69) is 0 Å². The predicted octanol–water partition coefficient (Wildman–Crippen LogP) is 1.88. The van der Waals surface area contributed by atoms with Gasteiger partial charge < -0.3 is 15.4 Å². The lowest BCUT2D eigenvalue weighted by Gasteiger charge is -2.28. The molecule has 0 fully saturated rings. The van der Waals surface area contributed by atoms with Crippen LogP contribution in [0.25, 0.3) is 0 Å². The van der Waals surface area contributed by atoms with Gasteiger partial charge in [-0.05, 0) is 30.7 Å². The van der Waals surface area contributed by atoms with Crippen molar-refractivity contribution < 1.29 is 26.4 Å². The molecule has 0 spiro atoms. The third-order valence-electron chi connectivity index (χ3n) is 4.44. The van der Waals surface area contributed by atoms with Crippen LogP contribution in [0.3, 0.4) is 0 Å². The average Bonchev–Trinajstić information content (AvgIpc) is 2.67. The molecule has 0 radical (unpaired) electrons. The topological polar surface area (TPSA) is 150 Å². The lowest BCUT2D eigenvalue weighted by molar-refractivity contribution is 0.1000. The van der Waals surface area contributed by atoms with Gasteiger partial charge in [0, 0.05) is 24.9 Å². The van der Waals surface area contributed by atoms with Crippen LogP contribution in [-0.4, -0.2) is 47.8 Å². The second-order valence-electron chi connectivity index (χ2n) is 7.12. The molecule has 2 rings (SSSR count). The van der Waals surface area contributed by atoms with Crippen LogP contribution in [0.4, 0.5) is 5.69 Å². The number of rotatable bonds is 11. The smallest absolute Gasteiger partial charge is 0.248 e. The zero-order chi connectivity index (χ0) is 23.2. The SMILES string of the molecule is CCCCN(CCS(C)(=O)=O)c1cc(C(N)=O)cc(S(N)(=O)=O)c1Oc1ccccc1. The van der Waals surface area contributed by atoms with Gasteiger partial charge in [-0.15, -0.1) is 0 Å². The van der Waals surface area contributed by atoms with Crippen molar-refractivity contribution in [3.63, 3.8) is 0 Å². The first-order valence-electron chi connectivity index (χ1n) is 9.58. The van der Waals surface area contributed by atoms with Gasteiger partial charge in [-0.25, -0.2) is 22.0 Å². The highest BCUT2D eigenvalue weighted by Crippen LogP contribution is 2.39. The van der Waals surface area contributed by atoms with Crippen LogP contribution in [0.5, 0.6) is 11.5 Å². The Morgan fingerprint density at radius 1 is 1.06 bits per heavy atom. The normalized spacial score (nSPS) is 11.8. The largest absolute Gasteiger partial charge is 0.454 e. The van der Waals surface area contributed by atoms with Crippen molar-refractivity contribution in [1.82, 2.24) is 0 Å². The minimum absolute atomic E-state index is 0.0657. The van der Waals surface area contributed by atoms with Gasteiger partial charge in [0.2, 0.25) is 15.9 Å². The number of hydrogen-bond acceptors (Lipinski definition) is 7. The van der Waals surface area contributed by atoms with Gasteiger partial charge >= 0.3 is 0 Å². The standard InChI is InChI=1S/C20H27N3O6S2/c1-3-4-10-23(11-12-30(2,25)26)17-13-15(20(21)24)14-18(31(22,27)28)19(17)29-16-8-6-5-7-9-16/h5-9,13-14H,3-4,10-12H2,1-2H3,(H2,21,24)(H2,22,27,28). The lowest BCUT2D eigenvalue weighted by Crippen LogP contribution is -2.31. The summed E-state index contributed by atoms with van der Waals surface area (Å²) in [6, 6.07) is 10.9. The molecule has 0 aromatic heterocycles. The number of carbonyl (C=O) groups excluding carboxylic acids is 1. The lowest BCUT2D eigenvalue weighted by atomic mass is 10.1. The number of carbonyl (C=O) groups is 1. The summed E-state index contributed by atoms with van der Waals surface area (Å²) in [5.74, 6) is -0.772. The number of anilines is 1. The van der Waals surface area contributed by atoms with Crippen LogP contribution in [0.2, 0.25) is 0 Å². The number of primary sulfonamides is 1. The van der Waals surface area contributed by atoms with Gasteiger partial charge in [0.15, 0.2) is 5.75 Å². The van der Waals surface area contributed by atoms with Crippen LogP contribution >= 0.6 is 0 Å². The Morgan fingerprint density at radius 2 is 1.71 bits per heavy atom. The number of sulfonamides is 1. The summed E-state index contributed by atoms with van der Waals surface area (Å²) in [6.45, 7) is 2.44. The monoisotopic (exact) mass is 469 g/mol. The van der Waals surface area contributed by atoms with Crippen LogP contribution < -0.4 is 20.5 Å². The summed E-state index contributed by atoms with van der Waals surface area (Å²) in [5, 5.41) is 5.42. The third-order valence-corrected chi connectivity index (χ3v) is 6.28. The molecule has 0 aliphatic carbocycles. The molecule has 11 heteroatoms. The van der Waals surface area contributed by atoms with Gasteiger partial charge in [0.1, 0.15) is 20.5 Å². The minimum Gasteiger partial charge on any atom is -0.454 e. The Bertz CT molecular complexity index is 1130. The Kier molecular flexibility index (Phi) is 8.04. The minimum atomic E-state index is -4.31. The molecule has 4 N–H and O–H groups in total. The number of nitrogens with two attached hydrogens (primary N) is 2. The van der Waals surface area contributed by atoms with E-state index >= 15 is 0 Å². The first kappa shape index (κ1) is 24.6. The second kappa shape index (κ2) is 10.1. The molecule has 1 amide bonds. The maximum atomic E-state index is 12.4. The number of sulfone groups is 1. The molecule has 2 aromatic rings. The zero-order valence-corrected chi connectivity index (χ0v) is 19.1. The van der Waals surface area contributed by atoms with E-state index in [9.17, 15) is 21.6 Å². The second-order valence-corrected chi connectivity index (χ2v) is 10.9. The third kappa shape index (κ3) is 7.23. The Balaban J connectivity index is 2.74. The van der Waals surface area contributed by atoms with Crippen LogP contribution in [0.15, 0.2) is 47.4 Å². The summed E-state index contributed by atoms with van der Waals surface area (Å²) in [7, 11) is -7.61. The van der Waals surface area contributed by atoms with E-state index in [0.29, 0.717) is 18.7 Å². The summed E-state index contributed by atoms with van der Waals surface area (Å²) in [5.41, 5.74) is 5.55. The van der Waals surface area contributed by atoms with Gasteiger partial charge in [-0.2, -0.15) is 0 Å². The number of unbranched alkanes of at least 4 members (excludes halogenated alkanes) is 1. The fourth-order valence-electron chi connectivity index (χ4n) is 2.86. The van der Waals surface area contributed by atoms with Crippen molar-refractivity contribution in [1.29, 1.82) is 0 Å². The van der Waals surface area contributed by atoms with E-state index < -0.39 is 30.7 Å². The van der Waals surface area contributed by atoms with E-state index in [1.165, 1.54) is 6.07 Å². The van der Waals surface area contributed by atoms with E-state index in [0.717, 1.165) is 18.7 Å². The maximum absolute atomic E-state index is 12.4. The fourth-order valence-corrected chi connectivity index (χ4v) is 4.11. The molecular formula is C20H27N3O6S2. The Morgan fingerprint density at radius 3 is 2.23 bits per heavy atom. The highest BCUT2D eigenvalue weighted by molar-refractivity contribution is 7.90. The highest BCUT2D eigenvalue weighted by Gasteiger charge is 2.26. The van der Waals surface area contributed by atoms with Gasteiger partial charge in [-0.3, -0.25) is 4.79 Å². The van der Waals surface area contributed by atoms with Crippen molar-refractivity contribution in [2.75, 3.05) is 30.0 Å². The Labute approximate surface area is 183 Å². The number of para-hydroxylation sites is 1. The van der Waals surface area contributed by atoms with Crippen molar-refractivity contribution in [3.8, 4) is 11.5 Å². The molecule has 0 saturated heterocycles. The van der Waals surface area contributed by atoms with Gasteiger partial charge in [0.05, 0.1) is 11.4 Å². The first-order valence-corrected chi connectivity index (χ1v) is 13.2. The quantitative estimate of drug-likeness (QED) is 0.510. The summed E-state index contributed by atoms with van der Waals surface area (Å²) >= 11 is 0. The fraction of sp³-hybridized carbons (Fsp3) is 0.350. The molecule has 9 nitrogen and oxygen atoms in total. The summed E-state index contributed by atoms with van der Waals surface area (Å²) in [4.78, 5) is 13.1. The number of hydrogen-bond donors (Lipinski definition) is 2. The Hall–Kier alpha value is -2.63. The van der Waals surface area contributed by atoms with Gasteiger partial charge in [0.25, 0.3) is 0 Å². The summed E-state index contributed by atoms with van der Waals surface area (Å²) in [6.07, 6.45) is 2.61. The number of amides is 1. The molecular weight excluding hydrogens is 442 g/mol. The van der Waals surface area contributed by atoms with Crippen molar-refractivity contribution in [3.05, 3.63) is 48.0 Å². The molecule has 0 unspecified atom stereocenters. The summed E-state index contributed by atoms with van der Waals surface area (Å²) < 4.78 is 54.1. The molecule has 0 atom stereocenters. The molecule has 0 bridgehead atoms. The van der Waals surface area contributed by atoms with E-state index in [1.54, 1.807) is 35.2 Å². The van der Waals surface area contributed by atoms with Crippen LogP contribution in [-0.2, 0) is 19.9 Å². The number of nitrogens with zero attached hydrogens (tertiary/aromatic N) is 1. The number of benzene rings is 2. The van der Waals surface area contributed by atoms with Crippen molar-refractivity contribution in [2.45, 2.75) is 24.7 Å². The number of ether oxygens (including phenoxy) is 1. The van der Waals surface area contributed by atoms with Crippen LogP contribution in [0.1, 0.15) is 30.1 Å². The molecule has 0 aliphatic heterocycles. The molecule has 31 heavy (non-hydrogen) atoms. The first-order chi connectivity index (χ1) is 14.4. The van der Waals surface area contributed by atoms with Gasteiger partial charge in [-0.1, -0.05) is 31.5 Å². The maximum Gasteiger partial charge on any atom is 0.248 e. The molecule has 0 heterocycles. The van der Waals surface area contributed by atoms with E-state index in [4.69, 9.17) is 15.6 Å². The van der Waals surface area contributed by atoms with Crippen molar-refractivity contribution in [2.24, 2.45) is 10.9 Å². The van der Waals surface area contributed by atoms with E-state index in [-0.39, 0.29) is 29.3 Å².